The maximum Gasteiger partial charge on any atom is 0.262 e. The molecule has 1 aromatic carbocycles. The van der Waals surface area contributed by atoms with Gasteiger partial charge in [-0.1, -0.05) is 18.2 Å². The predicted molar refractivity (Wildman–Crippen MR) is 107 cm³/mol. The molecule has 1 saturated heterocycles. The van der Waals surface area contributed by atoms with Crippen molar-refractivity contribution >= 4 is 33.2 Å². The molecule has 1 N–H and O–H groups in total. The smallest absolute Gasteiger partial charge is 0.262 e. The maximum atomic E-state index is 13.0. The average Bonchev–Trinajstić information content (AvgIpc) is 3.29. The average molecular weight is 398 g/mol. The minimum Gasteiger partial charge on any atom is -0.370 e. The summed E-state index contributed by atoms with van der Waals surface area (Å²) >= 11 is 1.45. The number of benzene rings is 1. The van der Waals surface area contributed by atoms with Gasteiger partial charge in [-0.15, -0.1) is 11.3 Å². The van der Waals surface area contributed by atoms with E-state index < -0.39 is 0 Å². The highest BCUT2D eigenvalue weighted by Gasteiger charge is 2.30. The van der Waals surface area contributed by atoms with E-state index in [0.29, 0.717) is 31.1 Å². The lowest BCUT2D eigenvalue weighted by Crippen LogP contribution is -2.41. The number of aryl methyl sites for hydroxylation is 1. The molecule has 4 rings (SSSR count). The molecular formula is C20H22N4O3S. The largest absolute Gasteiger partial charge is 0.370 e. The van der Waals surface area contributed by atoms with Crippen molar-refractivity contribution in [2.45, 2.75) is 19.6 Å². The van der Waals surface area contributed by atoms with Gasteiger partial charge in [-0.2, -0.15) is 0 Å². The molecule has 1 aliphatic heterocycles. The van der Waals surface area contributed by atoms with E-state index in [-0.39, 0.29) is 17.9 Å². The van der Waals surface area contributed by atoms with Gasteiger partial charge in [-0.3, -0.25) is 9.59 Å². The summed E-state index contributed by atoms with van der Waals surface area (Å²) < 4.78 is 8.89. The van der Waals surface area contributed by atoms with Crippen LogP contribution in [0.3, 0.4) is 0 Å². The number of morpholine rings is 1. The number of thiophene rings is 1. The van der Waals surface area contributed by atoms with Gasteiger partial charge in [0.2, 0.25) is 5.91 Å². The molecule has 1 atom stereocenters. The van der Waals surface area contributed by atoms with Crippen LogP contribution in [0.1, 0.15) is 34.1 Å². The minimum absolute atomic E-state index is 0.0219. The third-order valence-electron chi connectivity index (χ3n) is 5.00. The molecule has 0 spiro atoms. The van der Waals surface area contributed by atoms with E-state index in [2.05, 4.69) is 10.3 Å². The summed E-state index contributed by atoms with van der Waals surface area (Å²) in [6.45, 7) is 3.41. The Bertz CT molecular complexity index is 1030. The lowest BCUT2D eigenvalue weighted by molar-refractivity contribution is -0.136. The first-order valence-electron chi connectivity index (χ1n) is 9.17. The molecule has 146 valence electrons. The summed E-state index contributed by atoms with van der Waals surface area (Å²) in [5, 5.41) is 3.97. The molecule has 0 aliphatic carbocycles. The van der Waals surface area contributed by atoms with E-state index in [4.69, 9.17) is 4.74 Å². The van der Waals surface area contributed by atoms with Crippen LogP contribution >= 0.6 is 11.3 Å². The predicted octanol–water partition coefficient (Wildman–Crippen LogP) is 2.48. The van der Waals surface area contributed by atoms with E-state index >= 15 is 0 Å². The Kier molecular flexibility index (Phi) is 5.15. The first-order valence-corrected chi connectivity index (χ1v) is 9.99. The molecule has 3 aromatic rings. The number of ether oxygens (including phenoxy) is 1. The molecule has 2 amide bonds. The lowest BCUT2D eigenvalue weighted by atomic mass is 10.0. The van der Waals surface area contributed by atoms with Crippen molar-refractivity contribution in [3.8, 4) is 0 Å². The number of carbonyl (C=O) groups is 2. The molecule has 0 bridgehead atoms. The number of nitrogens with one attached hydrogen (secondary N) is 1. The summed E-state index contributed by atoms with van der Waals surface area (Å²) in [7, 11) is 1.89. The SMILES string of the molecule is CC(=O)N1CCO[C@@H](c2c(C(=O)NCc3nccn3C)sc3ccccc23)C1. The van der Waals surface area contributed by atoms with Crippen LogP contribution in [0.15, 0.2) is 36.7 Å². The van der Waals surface area contributed by atoms with Gasteiger partial charge < -0.3 is 19.5 Å². The Labute approximate surface area is 166 Å². The fourth-order valence-electron chi connectivity index (χ4n) is 3.47. The van der Waals surface area contributed by atoms with Crippen LogP contribution in [0, 0.1) is 0 Å². The zero-order chi connectivity index (χ0) is 19.7. The highest BCUT2D eigenvalue weighted by atomic mass is 32.1. The molecule has 0 unspecified atom stereocenters. The highest BCUT2D eigenvalue weighted by molar-refractivity contribution is 7.21. The monoisotopic (exact) mass is 398 g/mol. The fourth-order valence-corrected chi connectivity index (χ4v) is 4.64. The minimum atomic E-state index is -0.317. The molecule has 0 radical (unpaired) electrons. The summed E-state index contributed by atoms with van der Waals surface area (Å²) in [5.41, 5.74) is 0.865. The van der Waals surface area contributed by atoms with Gasteiger partial charge >= 0.3 is 0 Å². The summed E-state index contributed by atoms with van der Waals surface area (Å²) in [4.78, 5) is 31.5. The Morgan fingerprint density at radius 3 is 2.93 bits per heavy atom. The lowest BCUT2D eigenvalue weighted by Gasteiger charge is -2.32. The third kappa shape index (κ3) is 3.53. The molecule has 7 nitrogen and oxygen atoms in total. The number of aromatic nitrogens is 2. The van der Waals surface area contributed by atoms with Gasteiger partial charge in [-0.05, 0) is 11.5 Å². The number of rotatable bonds is 4. The van der Waals surface area contributed by atoms with Crippen LogP contribution in [0.5, 0.6) is 0 Å². The van der Waals surface area contributed by atoms with E-state index in [0.717, 1.165) is 21.5 Å². The summed E-state index contributed by atoms with van der Waals surface area (Å²) in [5.74, 6) is 0.657. The van der Waals surface area contributed by atoms with Gasteiger partial charge in [0.25, 0.3) is 5.91 Å². The van der Waals surface area contributed by atoms with Crippen molar-refractivity contribution < 1.29 is 14.3 Å². The van der Waals surface area contributed by atoms with Gasteiger partial charge in [-0.25, -0.2) is 4.98 Å². The standard InChI is InChI=1S/C20H22N4O3S/c1-13(25)24-9-10-27-15(12-24)18-14-5-3-4-6-16(14)28-19(18)20(26)22-11-17-21-7-8-23(17)2/h3-8,15H,9-12H2,1-2H3,(H,22,26)/t15-/m1/s1. The quantitative estimate of drug-likeness (QED) is 0.733. The van der Waals surface area contributed by atoms with Gasteiger partial charge in [0, 0.05) is 43.2 Å². The Morgan fingerprint density at radius 1 is 1.36 bits per heavy atom. The zero-order valence-corrected chi connectivity index (χ0v) is 16.7. The number of hydrogen-bond acceptors (Lipinski definition) is 5. The van der Waals surface area contributed by atoms with Crippen molar-refractivity contribution in [3.63, 3.8) is 0 Å². The Balaban J connectivity index is 1.66. The van der Waals surface area contributed by atoms with Crippen LogP contribution in [-0.4, -0.2) is 46.0 Å². The first kappa shape index (κ1) is 18.6. The number of hydrogen-bond donors (Lipinski definition) is 1. The zero-order valence-electron chi connectivity index (χ0n) is 15.8. The van der Waals surface area contributed by atoms with Crippen molar-refractivity contribution in [2.75, 3.05) is 19.7 Å². The third-order valence-corrected chi connectivity index (χ3v) is 6.19. The number of carbonyl (C=O) groups excluding carboxylic acids is 2. The number of amides is 2. The maximum absolute atomic E-state index is 13.0. The molecule has 28 heavy (non-hydrogen) atoms. The van der Waals surface area contributed by atoms with E-state index in [1.807, 2.05) is 42.1 Å². The van der Waals surface area contributed by atoms with Crippen molar-refractivity contribution in [3.05, 3.63) is 52.9 Å². The van der Waals surface area contributed by atoms with Crippen LogP contribution in [-0.2, 0) is 23.1 Å². The van der Waals surface area contributed by atoms with Crippen LogP contribution in [0.25, 0.3) is 10.1 Å². The number of imidazole rings is 1. The van der Waals surface area contributed by atoms with Crippen molar-refractivity contribution in [1.29, 1.82) is 0 Å². The second-order valence-corrected chi connectivity index (χ2v) is 7.85. The highest BCUT2D eigenvalue weighted by Crippen LogP contribution is 2.38. The van der Waals surface area contributed by atoms with Crippen molar-refractivity contribution in [2.24, 2.45) is 7.05 Å². The molecule has 8 heteroatoms. The molecule has 0 saturated carbocycles. The normalized spacial score (nSPS) is 17.1. The van der Waals surface area contributed by atoms with Gasteiger partial charge in [0.1, 0.15) is 11.9 Å². The van der Waals surface area contributed by atoms with E-state index in [1.165, 1.54) is 11.3 Å². The number of nitrogens with zero attached hydrogens (tertiary/aromatic N) is 3. The van der Waals surface area contributed by atoms with Crippen molar-refractivity contribution in [1.82, 2.24) is 19.8 Å². The van der Waals surface area contributed by atoms with Crippen LogP contribution in [0.2, 0.25) is 0 Å². The van der Waals surface area contributed by atoms with Crippen LogP contribution in [0.4, 0.5) is 0 Å². The molecule has 2 aromatic heterocycles. The second-order valence-electron chi connectivity index (χ2n) is 6.80. The Morgan fingerprint density at radius 2 is 2.18 bits per heavy atom. The molecule has 1 aliphatic rings. The van der Waals surface area contributed by atoms with Gasteiger partial charge in [0.05, 0.1) is 24.6 Å². The Hall–Kier alpha value is -2.71. The fraction of sp³-hybridized carbons (Fsp3) is 0.350. The topological polar surface area (TPSA) is 76.5 Å². The molecule has 3 heterocycles. The number of fused-ring (bicyclic) bond motifs is 1. The van der Waals surface area contributed by atoms with Crippen LogP contribution < -0.4 is 5.32 Å². The summed E-state index contributed by atoms with van der Waals surface area (Å²) in [6.07, 6.45) is 3.24. The summed E-state index contributed by atoms with van der Waals surface area (Å²) in [6, 6.07) is 7.93. The van der Waals surface area contributed by atoms with E-state index in [1.54, 1.807) is 18.0 Å². The second kappa shape index (κ2) is 7.73. The van der Waals surface area contributed by atoms with Gasteiger partial charge in [0.15, 0.2) is 0 Å². The molecule has 1 fully saturated rings. The molecular weight excluding hydrogens is 376 g/mol. The first-order chi connectivity index (χ1) is 13.5. The van der Waals surface area contributed by atoms with E-state index in [9.17, 15) is 9.59 Å².